The van der Waals surface area contributed by atoms with E-state index in [-0.39, 0.29) is 24.5 Å². The Hall–Kier alpha value is -1.60. The second-order valence-corrected chi connectivity index (χ2v) is 6.26. The maximum atomic E-state index is 12.2. The highest BCUT2D eigenvalue weighted by molar-refractivity contribution is 7.92. The lowest BCUT2D eigenvalue weighted by molar-refractivity contribution is 0.0698. The summed E-state index contributed by atoms with van der Waals surface area (Å²) in [6.07, 6.45) is 0.530. The standard InChI is InChI=1S/C12H15NO5S/c1-18-7-8-19(16,17)13-6-5-9-3-2-4-10(11(9)13)12(14)15/h2-4H,5-8H2,1H3,(H,14,15). The van der Waals surface area contributed by atoms with Crippen molar-refractivity contribution >= 4 is 21.7 Å². The summed E-state index contributed by atoms with van der Waals surface area (Å²) in [4.78, 5) is 11.2. The first kappa shape index (κ1) is 13.8. The van der Waals surface area contributed by atoms with Gasteiger partial charge in [0.1, 0.15) is 0 Å². The monoisotopic (exact) mass is 285 g/mol. The van der Waals surface area contributed by atoms with Crippen molar-refractivity contribution in [1.29, 1.82) is 0 Å². The van der Waals surface area contributed by atoms with E-state index in [4.69, 9.17) is 9.84 Å². The Bertz CT molecular complexity index is 596. The molecule has 19 heavy (non-hydrogen) atoms. The highest BCUT2D eigenvalue weighted by atomic mass is 32.2. The van der Waals surface area contributed by atoms with Crippen LogP contribution in [0.4, 0.5) is 5.69 Å². The number of rotatable bonds is 5. The number of sulfonamides is 1. The number of benzene rings is 1. The van der Waals surface area contributed by atoms with E-state index in [1.165, 1.54) is 17.5 Å². The van der Waals surface area contributed by atoms with Gasteiger partial charge in [0.05, 0.1) is 23.6 Å². The molecule has 1 aliphatic heterocycles. The van der Waals surface area contributed by atoms with Crippen LogP contribution >= 0.6 is 0 Å². The van der Waals surface area contributed by atoms with Crippen molar-refractivity contribution in [3.8, 4) is 0 Å². The maximum Gasteiger partial charge on any atom is 0.337 e. The maximum absolute atomic E-state index is 12.2. The topological polar surface area (TPSA) is 83.9 Å². The lowest BCUT2D eigenvalue weighted by Gasteiger charge is -2.20. The van der Waals surface area contributed by atoms with E-state index in [1.54, 1.807) is 12.1 Å². The van der Waals surface area contributed by atoms with Gasteiger partial charge in [-0.3, -0.25) is 4.31 Å². The van der Waals surface area contributed by atoms with Crippen molar-refractivity contribution in [1.82, 2.24) is 0 Å². The highest BCUT2D eigenvalue weighted by Gasteiger charge is 2.32. The summed E-state index contributed by atoms with van der Waals surface area (Å²) in [6, 6.07) is 4.81. The molecule has 0 saturated heterocycles. The van der Waals surface area contributed by atoms with E-state index in [0.717, 1.165) is 5.56 Å². The number of anilines is 1. The van der Waals surface area contributed by atoms with Gasteiger partial charge in [-0.15, -0.1) is 0 Å². The normalized spacial score (nSPS) is 14.5. The molecule has 7 heteroatoms. The number of para-hydroxylation sites is 1. The molecule has 1 N–H and O–H groups in total. The number of nitrogens with zero attached hydrogens (tertiary/aromatic N) is 1. The average molecular weight is 285 g/mol. The van der Waals surface area contributed by atoms with Crippen molar-refractivity contribution in [2.75, 3.05) is 30.3 Å². The lowest BCUT2D eigenvalue weighted by atomic mass is 10.1. The minimum atomic E-state index is -3.55. The number of carboxylic acids is 1. The van der Waals surface area contributed by atoms with Crippen LogP contribution in [0.2, 0.25) is 0 Å². The molecular formula is C12H15NO5S. The zero-order valence-electron chi connectivity index (χ0n) is 10.5. The van der Waals surface area contributed by atoms with Gasteiger partial charge in [-0.25, -0.2) is 13.2 Å². The van der Waals surface area contributed by atoms with E-state index in [1.807, 2.05) is 0 Å². The molecule has 0 radical (unpaired) electrons. The third-order valence-electron chi connectivity index (χ3n) is 3.06. The Morgan fingerprint density at radius 3 is 2.84 bits per heavy atom. The summed E-state index contributed by atoms with van der Waals surface area (Å²) < 4.78 is 30.3. The zero-order chi connectivity index (χ0) is 14.0. The number of carbonyl (C=O) groups is 1. The molecule has 6 nitrogen and oxygen atoms in total. The van der Waals surface area contributed by atoms with Gasteiger partial charge in [0, 0.05) is 13.7 Å². The third-order valence-corrected chi connectivity index (χ3v) is 4.78. The summed E-state index contributed by atoms with van der Waals surface area (Å²) in [7, 11) is -2.12. The molecule has 0 aromatic heterocycles. The zero-order valence-corrected chi connectivity index (χ0v) is 11.3. The molecule has 0 spiro atoms. The van der Waals surface area contributed by atoms with Gasteiger partial charge in [-0.1, -0.05) is 12.1 Å². The van der Waals surface area contributed by atoms with E-state index in [2.05, 4.69) is 0 Å². The van der Waals surface area contributed by atoms with Crippen LogP contribution < -0.4 is 4.31 Å². The number of methoxy groups -OCH3 is 1. The second-order valence-electron chi connectivity index (χ2n) is 4.25. The molecule has 1 aromatic carbocycles. The largest absolute Gasteiger partial charge is 0.478 e. The molecular weight excluding hydrogens is 270 g/mol. The summed E-state index contributed by atoms with van der Waals surface area (Å²) >= 11 is 0. The average Bonchev–Trinajstić information content (AvgIpc) is 2.80. The third kappa shape index (κ3) is 2.57. The molecule has 1 aliphatic rings. The van der Waals surface area contributed by atoms with E-state index in [0.29, 0.717) is 12.1 Å². The van der Waals surface area contributed by atoms with E-state index < -0.39 is 16.0 Å². The number of carboxylic acid groups (broad SMARTS) is 1. The molecule has 0 atom stereocenters. The number of fused-ring (bicyclic) bond motifs is 1. The first-order valence-electron chi connectivity index (χ1n) is 5.82. The molecule has 0 saturated carbocycles. The highest BCUT2D eigenvalue weighted by Crippen LogP contribution is 2.34. The summed E-state index contributed by atoms with van der Waals surface area (Å²) in [5, 5.41) is 9.16. The number of hydrogen-bond acceptors (Lipinski definition) is 4. The van der Waals surface area contributed by atoms with Crippen LogP contribution in [-0.2, 0) is 21.2 Å². The fourth-order valence-corrected chi connectivity index (χ4v) is 3.63. The Morgan fingerprint density at radius 2 is 2.21 bits per heavy atom. The van der Waals surface area contributed by atoms with Crippen LogP contribution in [0.3, 0.4) is 0 Å². The predicted octanol–water partition coefficient (Wildman–Crippen LogP) is 0.724. The summed E-state index contributed by atoms with van der Waals surface area (Å²) in [5.41, 5.74) is 1.07. The molecule has 0 bridgehead atoms. The minimum absolute atomic E-state index is 0.0241. The van der Waals surface area contributed by atoms with Crippen molar-refractivity contribution < 1.29 is 23.1 Å². The van der Waals surface area contributed by atoms with Crippen molar-refractivity contribution in [2.24, 2.45) is 0 Å². The molecule has 0 unspecified atom stereocenters. The lowest BCUT2D eigenvalue weighted by Crippen LogP contribution is -2.33. The first-order valence-corrected chi connectivity index (χ1v) is 7.43. The summed E-state index contributed by atoms with van der Waals surface area (Å²) in [6.45, 7) is 0.370. The second kappa shape index (κ2) is 5.18. The van der Waals surface area contributed by atoms with Crippen LogP contribution in [0, 0.1) is 0 Å². The van der Waals surface area contributed by atoms with Gasteiger partial charge in [-0.2, -0.15) is 0 Å². The Morgan fingerprint density at radius 1 is 1.47 bits per heavy atom. The van der Waals surface area contributed by atoms with Crippen LogP contribution in [-0.4, -0.2) is 45.5 Å². The number of hydrogen-bond donors (Lipinski definition) is 1. The Labute approximate surface area is 111 Å². The molecule has 2 rings (SSSR count). The quantitative estimate of drug-likeness (QED) is 0.862. The fourth-order valence-electron chi connectivity index (χ4n) is 2.17. The fraction of sp³-hybridized carbons (Fsp3) is 0.417. The minimum Gasteiger partial charge on any atom is -0.478 e. The molecule has 1 heterocycles. The van der Waals surface area contributed by atoms with Crippen LogP contribution in [0.5, 0.6) is 0 Å². The molecule has 104 valence electrons. The van der Waals surface area contributed by atoms with E-state index in [9.17, 15) is 13.2 Å². The molecule has 0 fully saturated rings. The first-order chi connectivity index (χ1) is 8.97. The van der Waals surface area contributed by atoms with Gasteiger partial charge >= 0.3 is 5.97 Å². The van der Waals surface area contributed by atoms with Crippen molar-refractivity contribution in [3.05, 3.63) is 29.3 Å². The van der Waals surface area contributed by atoms with Gasteiger partial charge in [-0.05, 0) is 18.1 Å². The van der Waals surface area contributed by atoms with Crippen LogP contribution in [0.25, 0.3) is 0 Å². The smallest absolute Gasteiger partial charge is 0.337 e. The Balaban J connectivity index is 2.44. The Kier molecular flexibility index (Phi) is 3.77. The SMILES string of the molecule is COCCS(=O)(=O)N1CCc2cccc(C(=O)O)c21. The van der Waals surface area contributed by atoms with Crippen molar-refractivity contribution in [3.63, 3.8) is 0 Å². The number of ether oxygens (including phenoxy) is 1. The van der Waals surface area contributed by atoms with Gasteiger partial charge in [0.25, 0.3) is 0 Å². The summed E-state index contributed by atoms with van der Waals surface area (Å²) in [5.74, 6) is -1.28. The van der Waals surface area contributed by atoms with Crippen molar-refractivity contribution in [2.45, 2.75) is 6.42 Å². The van der Waals surface area contributed by atoms with Gasteiger partial charge in [0.15, 0.2) is 0 Å². The molecule has 0 aliphatic carbocycles. The molecule has 1 aromatic rings. The van der Waals surface area contributed by atoms with E-state index >= 15 is 0 Å². The predicted molar refractivity (Wildman–Crippen MR) is 70.1 cm³/mol. The van der Waals surface area contributed by atoms with Crippen LogP contribution in [0.1, 0.15) is 15.9 Å². The van der Waals surface area contributed by atoms with Crippen LogP contribution in [0.15, 0.2) is 18.2 Å². The van der Waals surface area contributed by atoms with Gasteiger partial charge < -0.3 is 9.84 Å². The number of aromatic carboxylic acids is 1. The molecule has 0 amide bonds. The van der Waals surface area contributed by atoms with Gasteiger partial charge in [0.2, 0.25) is 10.0 Å².